The lowest BCUT2D eigenvalue weighted by Crippen LogP contribution is -2.50. The number of carbonyl (C=O) groups is 1. The fraction of sp³-hybridized carbons (Fsp3) is 0.400. The van der Waals surface area contributed by atoms with E-state index in [1.165, 1.54) is 11.6 Å². The van der Waals surface area contributed by atoms with Crippen LogP contribution in [0.3, 0.4) is 0 Å². The van der Waals surface area contributed by atoms with Gasteiger partial charge in [-0.2, -0.15) is 0 Å². The summed E-state index contributed by atoms with van der Waals surface area (Å²) in [4.78, 5) is 23.6. The minimum Gasteiger partial charge on any atom is -0.334 e. The SMILES string of the molecule is CN1CCC(Cc2ccccc2)(C(=O)N2CCC[C@@H]2c2cccc(Cc3ccccc3F)n2)CC1. The van der Waals surface area contributed by atoms with E-state index in [-0.39, 0.29) is 23.2 Å². The van der Waals surface area contributed by atoms with Gasteiger partial charge < -0.3 is 9.80 Å². The van der Waals surface area contributed by atoms with E-state index in [1.54, 1.807) is 6.07 Å². The van der Waals surface area contributed by atoms with Crippen molar-refractivity contribution in [3.8, 4) is 0 Å². The summed E-state index contributed by atoms with van der Waals surface area (Å²) in [5, 5.41) is 0. The van der Waals surface area contributed by atoms with Gasteiger partial charge in [-0.3, -0.25) is 9.78 Å². The molecule has 3 aromatic rings. The molecular weight excluding hydrogens is 437 g/mol. The summed E-state index contributed by atoms with van der Waals surface area (Å²) in [7, 11) is 2.14. The highest BCUT2D eigenvalue weighted by Crippen LogP contribution is 2.41. The number of amides is 1. The Balaban J connectivity index is 1.40. The summed E-state index contributed by atoms with van der Waals surface area (Å²) in [6.45, 7) is 2.65. The van der Waals surface area contributed by atoms with E-state index in [0.29, 0.717) is 12.0 Å². The Bertz CT molecular complexity index is 1160. The quantitative estimate of drug-likeness (QED) is 0.481. The van der Waals surface area contributed by atoms with Gasteiger partial charge in [0.25, 0.3) is 0 Å². The summed E-state index contributed by atoms with van der Waals surface area (Å²) in [5.41, 5.74) is 3.26. The number of halogens is 1. The predicted molar refractivity (Wildman–Crippen MR) is 136 cm³/mol. The average molecular weight is 472 g/mol. The molecule has 2 saturated heterocycles. The first-order valence-electron chi connectivity index (χ1n) is 12.8. The molecule has 1 amide bonds. The number of nitrogens with zero attached hydrogens (tertiary/aromatic N) is 3. The number of hydrogen-bond donors (Lipinski definition) is 0. The van der Waals surface area contributed by atoms with E-state index in [4.69, 9.17) is 4.98 Å². The highest BCUT2D eigenvalue weighted by Gasteiger charge is 2.46. The highest BCUT2D eigenvalue weighted by atomic mass is 19.1. The number of piperidine rings is 1. The van der Waals surface area contributed by atoms with Gasteiger partial charge in [0.15, 0.2) is 0 Å². The molecule has 2 aliphatic rings. The second-order valence-corrected chi connectivity index (χ2v) is 10.2. The molecular formula is C30H34FN3O. The standard InChI is InChI=1S/C30H34FN3O/c1-33-19-16-30(17-20-33,22-23-9-3-2-4-10-23)29(35)34-18-8-15-28(34)27-14-7-12-25(32-27)21-24-11-5-6-13-26(24)31/h2-7,9-14,28H,8,15-22H2,1H3/t28-/m1/s1. The Morgan fingerprint density at radius 3 is 2.49 bits per heavy atom. The zero-order chi connectivity index (χ0) is 24.3. The summed E-state index contributed by atoms with van der Waals surface area (Å²) in [6.07, 6.45) is 4.89. The average Bonchev–Trinajstić information content (AvgIpc) is 3.37. The van der Waals surface area contributed by atoms with Crippen LogP contribution >= 0.6 is 0 Å². The van der Waals surface area contributed by atoms with Crippen molar-refractivity contribution in [1.82, 2.24) is 14.8 Å². The number of aromatic nitrogens is 1. The molecule has 0 radical (unpaired) electrons. The maximum atomic E-state index is 14.3. The molecule has 0 N–H and O–H groups in total. The van der Waals surface area contributed by atoms with Crippen molar-refractivity contribution in [1.29, 1.82) is 0 Å². The van der Waals surface area contributed by atoms with Gasteiger partial charge in [-0.25, -0.2) is 4.39 Å². The van der Waals surface area contributed by atoms with Gasteiger partial charge in [0, 0.05) is 18.7 Å². The van der Waals surface area contributed by atoms with Crippen LogP contribution in [-0.2, 0) is 17.6 Å². The van der Waals surface area contributed by atoms with Crippen molar-refractivity contribution in [2.45, 2.75) is 44.6 Å². The first-order chi connectivity index (χ1) is 17.0. The van der Waals surface area contributed by atoms with Gasteiger partial charge in [0.05, 0.1) is 17.2 Å². The van der Waals surface area contributed by atoms with Crippen LogP contribution in [0, 0.1) is 11.2 Å². The summed E-state index contributed by atoms with van der Waals surface area (Å²) in [5.74, 6) is 0.0701. The molecule has 2 fully saturated rings. The Morgan fingerprint density at radius 2 is 1.71 bits per heavy atom. The van der Waals surface area contributed by atoms with Crippen LogP contribution in [-0.4, -0.2) is 47.4 Å². The molecule has 5 heteroatoms. The first kappa shape index (κ1) is 23.7. The molecule has 3 heterocycles. The lowest BCUT2D eigenvalue weighted by Gasteiger charge is -2.43. The topological polar surface area (TPSA) is 36.4 Å². The molecule has 0 unspecified atom stereocenters. The van der Waals surface area contributed by atoms with Crippen molar-refractivity contribution in [2.75, 3.05) is 26.7 Å². The van der Waals surface area contributed by atoms with E-state index < -0.39 is 0 Å². The van der Waals surface area contributed by atoms with Crippen LogP contribution in [0.15, 0.2) is 72.8 Å². The molecule has 35 heavy (non-hydrogen) atoms. The molecule has 0 spiro atoms. The molecule has 4 nitrogen and oxygen atoms in total. The second-order valence-electron chi connectivity index (χ2n) is 10.2. The Kier molecular flexibility index (Phi) is 6.96. The normalized spacial score (nSPS) is 20.2. The minimum absolute atomic E-state index is 0.0182. The fourth-order valence-electron chi connectivity index (χ4n) is 5.74. The number of hydrogen-bond acceptors (Lipinski definition) is 3. The van der Waals surface area contributed by atoms with E-state index in [0.717, 1.165) is 63.1 Å². The third-order valence-corrected chi connectivity index (χ3v) is 7.80. The monoisotopic (exact) mass is 471 g/mol. The van der Waals surface area contributed by atoms with Crippen molar-refractivity contribution in [3.63, 3.8) is 0 Å². The summed E-state index contributed by atoms with van der Waals surface area (Å²) in [6, 6.07) is 23.3. The van der Waals surface area contributed by atoms with Crippen LogP contribution in [0.1, 0.15) is 54.2 Å². The summed E-state index contributed by atoms with van der Waals surface area (Å²) < 4.78 is 14.2. The zero-order valence-electron chi connectivity index (χ0n) is 20.5. The molecule has 1 atom stereocenters. The molecule has 0 bridgehead atoms. The van der Waals surface area contributed by atoms with Gasteiger partial charge in [0.1, 0.15) is 5.82 Å². The maximum Gasteiger partial charge on any atom is 0.229 e. The van der Waals surface area contributed by atoms with Crippen LogP contribution in [0.4, 0.5) is 4.39 Å². The second kappa shape index (κ2) is 10.3. The number of benzene rings is 2. The van der Waals surface area contributed by atoms with Crippen LogP contribution < -0.4 is 0 Å². The molecule has 2 aliphatic heterocycles. The van der Waals surface area contributed by atoms with Crippen molar-refractivity contribution < 1.29 is 9.18 Å². The first-order valence-corrected chi connectivity index (χ1v) is 12.8. The van der Waals surface area contributed by atoms with Gasteiger partial charge >= 0.3 is 0 Å². The third kappa shape index (κ3) is 5.15. The van der Waals surface area contributed by atoms with Crippen molar-refractivity contribution >= 4 is 5.91 Å². The lowest BCUT2D eigenvalue weighted by atomic mass is 9.72. The molecule has 2 aromatic carbocycles. The minimum atomic E-state index is -0.374. The van der Waals surface area contributed by atoms with Gasteiger partial charge in [-0.1, -0.05) is 54.6 Å². The van der Waals surface area contributed by atoms with E-state index in [1.807, 2.05) is 36.4 Å². The maximum absolute atomic E-state index is 14.3. The fourth-order valence-corrected chi connectivity index (χ4v) is 5.74. The smallest absolute Gasteiger partial charge is 0.229 e. The Hall–Kier alpha value is -3.05. The van der Waals surface area contributed by atoms with Gasteiger partial charge in [-0.15, -0.1) is 0 Å². The number of pyridine rings is 1. The summed E-state index contributed by atoms with van der Waals surface area (Å²) >= 11 is 0. The van der Waals surface area contributed by atoms with Crippen LogP contribution in [0.2, 0.25) is 0 Å². The van der Waals surface area contributed by atoms with E-state index in [9.17, 15) is 9.18 Å². The predicted octanol–water partition coefficient (Wildman–Crippen LogP) is 5.43. The number of carbonyl (C=O) groups excluding carboxylic acids is 1. The van der Waals surface area contributed by atoms with Crippen molar-refractivity contribution in [3.05, 3.63) is 101 Å². The Labute approximate surface area is 207 Å². The van der Waals surface area contributed by atoms with Crippen LogP contribution in [0.5, 0.6) is 0 Å². The third-order valence-electron chi connectivity index (χ3n) is 7.80. The lowest BCUT2D eigenvalue weighted by molar-refractivity contribution is -0.146. The number of rotatable bonds is 6. The van der Waals surface area contributed by atoms with Gasteiger partial charge in [-0.05, 0) is 81.6 Å². The van der Waals surface area contributed by atoms with E-state index >= 15 is 0 Å². The van der Waals surface area contributed by atoms with Crippen molar-refractivity contribution in [2.24, 2.45) is 5.41 Å². The molecule has 5 rings (SSSR count). The zero-order valence-corrected chi connectivity index (χ0v) is 20.5. The Morgan fingerprint density at radius 1 is 0.971 bits per heavy atom. The molecule has 182 valence electrons. The number of likely N-dealkylation sites (tertiary alicyclic amines) is 2. The van der Waals surface area contributed by atoms with Gasteiger partial charge in [0.2, 0.25) is 5.91 Å². The largest absolute Gasteiger partial charge is 0.334 e. The van der Waals surface area contributed by atoms with E-state index in [2.05, 4.69) is 41.1 Å². The molecule has 1 aromatic heterocycles. The highest BCUT2D eigenvalue weighted by molar-refractivity contribution is 5.84. The van der Waals surface area contributed by atoms with Crippen LogP contribution in [0.25, 0.3) is 0 Å². The molecule has 0 saturated carbocycles. The molecule has 0 aliphatic carbocycles.